The molecule has 0 spiro atoms. The molecule has 1 aromatic heterocycles. The molecule has 0 unspecified atom stereocenters. The number of benzene rings is 2. The van der Waals surface area contributed by atoms with Crippen LogP contribution in [-0.4, -0.2) is 17.0 Å². The molecule has 0 saturated carbocycles. The van der Waals surface area contributed by atoms with E-state index in [4.69, 9.17) is 5.73 Å². The first-order chi connectivity index (χ1) is 10.7. The number of rotatable bonds is 4. The molecule has 3 rings (SSSR count). The van der Waals surface area contributed by atoms with Gasteiger partial charge in [0.25, 0.3) is 0 Å². The molecule has 3 aromatic rings. The van der Waals surface area contributed by atoms with Gasteiger partial charge in [0.15, 0.2) is 5.82 Å². The molecule has 0 aliphatic carbocycles. The van der Waals surface area contributed by atoms with Crippen molar-refractivity contribution >= 4 is 11.5 Å². The number of aromatic nitrogens is 2. The standard InChI is InChI=1S/C18H18N4/c1-22(13-14-5-3-2-4-6-14)18-17(20-11-12-21-18)15-7-9-16(19)10-8-15/h2-12H,13,19H2,1H3. The van der Waals surface area contributed by atoms with Crippen LogP contribution in [0.25, 0.3) is 11.3 Å². The third-order valence-electron chi connectivity index (χ3n) is 3.49. The first-order valence-electron chi connectivity index (χ1n) is 7.16. The Labute approximate surface area is 130 Å². The van der Waals surface area contributed by atoms with E-state index in [1.54, 1.807) is 12.4 Å². The van der Waals surface area contributed by atoms with Gasteiger partial charge in [0, 0.05) is 37.2 Å². The zero-order chi connectivity index (χ0) is 15.4. The maximum absolute atomic E-state index is 5.76. The Morgan fingerprint density at radius 2 is 1.59 bits per heavy atom. The monoisotopic (exact) mass is 290 g/mol. The largest absolute Gasteiger partial charge is 0.399 e. The lowest BCUT2D eigenvalue weighted by Gasteiger charge is -2.20. The molecule has 110 valence electrons. The smallest absolute Gasteiger partial charge is 0.155 e. The molecule has 0 aliphatic heterocycles. The van der Waals surface area contributed by atoms with Crippen LogP contribution in [0.3, 0.4) is 0 Å². The van der Waals surface area contributed by atoms with Gasteiger partial charge in [-0.3, -0.25) is 4.98 Å². The van der Waals surface area contributed by atoms with E-state index in [9.17, 15) is 0 Å². The molecule has 1 heterocycles. The van der Waals surface area contributed by atoms with Gasteiger partial charge < -0.3 is 10.6 Å². The highest BCUT2D eigenvalue weighted by Crippen LogP contribution is 2.27. The summed E-state index contributed by atoms with van der Waals surface area (Å²) < 4.78 is 0. The number of anilines is 2. The molecule has 2 N–H and O–H groups in total. The quantitative estimate of drug-likeness (QED) is 0.749. The lowest BCUT2D eigenvalue weighted by Crippen LogP contribution is -2.19. The summed E-state index contributed by atoms with van der Waals surface area (Å²) in [5.41, 5.74) is 9.61. The summed E-state index contributed by atoms with van der Waals surface area (Å²) in [5.74, 6) is 0.858. The molecule has 4 nitrogen and oxygen atoms in total. The molecule has 0 radical (unpaired) electrons. The molecule has 0 aliphatic rings. The van der Waals surface area contributed by atoms with Crippen LogP contribution in [0, 0.1) is 0 Å². The predicted octanol–water partition coefficient (Wildman–Crippen LogP) is 3.36. The highest BCUT2D eigenvalue weighted by Gasteiger charge is 2.12. The molecule has 0 amide bonds. The van der Waals surface area contributed by atoms with Gasteiger partial charge in [-0.15, -0.1) is 0 Å². The van der Waals surface area contributed by atoms with Crippen LogP contribution in [0.2, 0.25) is 0 Å². The number of hydrogen-bond donors (Lipinski definition) is 1. The van der Waals surface area contributed by atoms with Gasteiger partial charge in [0.05, 0.1) is 0 Å². The summed E-state index contributed by atoms with van der Waals surface area (Å²) in [6.07, 6.45) is 3.43. The van der Waals surface area contributed by atoms with Crippen molar-refractivity contribution in [2.75, 3.05) is 17.7 Å². The SMILES string of the molecule is CN(Cc1ccccc1)c1nccnc1-c1ccc(N)cc1. The van der Waals surface area contributed by atoms with E-state index < -0.39 is 0 Å². The number of hydrogen-bond acceptors (Lipinski definition) is 4. The molecular formula is C18H18N4. The third kappa shape index (κ3) is 3.06. The van der Waals surface area contributed by atoms with Crippen molar-refractivity contribution in [2.24, 2.45) is 0 Å². The van der Waals surface area contributed by atoms with E-state index in [1.807, 2.05) is 49.5 Å². The van der Waals surface area contributed by atoms with E-state index in [0.717, 1.165) is 29.3 Å². The highest BCUT2D eigenvalue weighted by atomic mass is 15.2. The Balaban J connectivity index is 1.92. The van der Waals surface area contributed by atoms with Crippen molar-refractivity contribution in [1.29, 1.82) is 0 Å². The normalized spacial score (nSPS) is 10.4. The topological polar surface area (TPSA) is 55.0 Å². The van der Waals surface area contributed by atoms with E-state index in [0.29, 0.717) is 0 Å². The van der Waals surface area contributed by atoms with Crippen LogP contribution in [-0.2, 0) is 6.54 Å². The molecular weight excluding hydrogens is 272 g/mol. The van der Waals surface area contributed by atoms with Crippen LogP contribution in [0.5, 0.6) is 0 Å². The first-order valence-corrected chi connectivity index (χ1v) is 7.16. The van der Waals surface area contributed by atoms with Gasteiger partial charge in [-0.25, -0.2) is 4.98 Å². The Hall–Kier alpha value is -2.88. The molecule has 0 atom stereocenters. The summed E-state index contributed by atoms with van der Waals surface area (Å²) >= 11 is 0. The van der Waals surface area contributed by atoms with Crippen LogP contribution >= 0.6 is 0 Å². The minimum absolute atomic E-state index is 0.742. The van der Waals surface area contributed by atoms with Crippen LogP contribution in [0.15, 0.2) is 67.0 Å². The van der Waals surface area contributed by atoms with E-state index in [-0.39, 0.29) is 0 Å². The highest BCUT2D eigenvalue weighted by molar-refractivity contribution is 5.72. The summed E-state index contributed by atoms with van der Waals surface area (Å²) in [6.45, 7) is 0.779. The number of nitrogens with zero attached hydrogens (tertiary/aromatic N) is 3. The second kappa shape index (κ2) is 6.26. The Kier molecular flexibility index (Phi) is 4.01. The molecule has 4 heteroatoms. The molecule has 2 aromatic carbocycles. The molecule has 0 fully saturated rings. The van der Waals surface area contributed by atoms with Gasteiger partial charge >= 0.3 is 0 Å². The van der Waals surface area contributed by atoms with E-state index >= 15 is 0 Å². The zero-order valence-electron chi connectivity index (χ0n) is 12.5. The van der Waals surface area contributed by atoms with Crippen molar-refractivity contribution < 1.29 is 0 Å². The fourth-order valence-corrected chi connectivity index (χ4v) is 2.39. The van der Waals surface area contributed by atoms with Gasteiger partial charge in [0.1, 0.15) is 5.69 Å². The minimum atomic E-state index is 0.742. The van der Waals surface area contributed by atoms with Crippen LogP contribution < -0.4 is 10.6 Å². The Bertz CT molecular complexity index is 739. The first kappa shape index (κ1) is 14.1. The predicted molar refractivity (Wildman–Crippen MR) is 90.4 cm³/mol. The van der Waals surface area contributed by atoms with E-state index in [2.05, 4.69) is 27.0 Å². The third-order valence-corrected chi connectivity index (χ3v) is 3.49. The summed E-state index contributed by atoms with van der Waals surface area (Å²) in [7, 11) is 2.03. The van der Waals surface area contributed by atoms with E-state index in [1.165, 1.54) is 5.56 Å². The maximum atomic E-state index is 5.76. The van der Waals surface area contributed by atoms with Crippen LogP contribution in [0.4, 0.5) is 11.5 Å². The molecule has 0 bridgehead atoms. The Morgan fingerprint density at radius 1 is 0.909 bits per heavy atom. The second-order valence-electron chi connectivity index (χ2n) is 5.19. The average Bonchev–Trinajstić information content (AvgIpc) is 2.56. The minimum Gasteiger partial charge on any atom is -0.399 e. The van der Waals surface area contributed by atoms with Gasteiger partial charge in [0.2, 0.25) is 0 Å². The van der Waals surface area contributed by atoms with Crippen molar-refractivity contribution in [1.82, 2.24) is 9.97 Å². The summed E-state index contributed by atoms with van der Waals surface area (Å²) in [6, 6.07) is 18.0. The molecule has 0 saturated heterocycles. The number of nitrogen functional groups attached to an aromatic ring is 1. The summed E-state index contributed by atoms with van der Waals surface area (Å²) in [4.78, 5) is 11.1. The maximum Gasteiger partial charge on any atom is 0.155 e. The van der Waals surface area contributed by atoms with Crippen molar-refractivity contribution in [3.63, 3.8) is 0 Å². The lowest BCUT2D eigenvalue weighted by atomic mass is 10.1. The summed E-state index contributed by atoms with van der Waals surface area (Å²) in [5, 5.41) is 0. The van der Waals surface area contributed by atoms with Gasteiger partial charge in [-0.05, 0) is 17.7 Å². The Morgan fingerprint density at radius 3 is 2.32 bits per heavy atom. The molecule has 22 heavy (non-hydrogen) atoms. The van der Waals surface area contributed by atoms with Gasteiger partial charge in [-0.2, -0.15) is 0 Å². The van der Waals surface area contributed by atoms with Crippen molar-refractivity contribution in [2.45, 2.75) is 6.54 Å². The zero-order valence-corrected chi connectivity index (χ0v) is 12.5. The fraction of sp³-hybridized carbons (Fsp3) is 0.111. The fourth-order valence-electron chi connectivity index (χ4n) is 2.39. The van der Waals surface area contributed by atoms with Crippen molar-refractivity contribution in [3.8, 4) is 11.3 Å². The average molecular weight is 290 g/mol. The lowest BCUT2D eigenvalue weighted by molar-refractivity contribution is 0.892. The number of nitrogens with two attached hydrogens (primary N) is 1. The second-order valence-corrected chi connectivity index (χ2v) is 5.19. The van der Waals surface area contributed by atoms with Gasteiger partial charge in [-0.1, -0.05) is 42.5 Å². The van der Waals surface area contributed by atoms with Crippen molar-refractivity contribution in [3.05, 3.63) is 72.6 Å². The van der Waals surface area contributed by atoms with Crippen LogP contribution in [0.1, 0.15) is 5.56 Å².